The van der Waals surface area contributed by atoms with E-state index in [4.69, 9.17) is 10.9 Å². The summed E-state index contributed by atoms with van der Waals surface area (Å²) in [5, 5.41) is 11.7. The van der Waals surface area contributed by atoms with Crippen molar-refractivity contribution in [2.75, 3.05) is 23.9 Å². The molecule has 0 fully saturated rings. The van der Waals surface area contributed by atoms with E-state index in [0.29, 0.717) is 5.95 Å². The van der Waals surface area contributed by atoms with Crippen molar-refractivity contribution in [2.45, 2.75) is 19.3 Å². The van der Waals surface area contributed by atoms with Gasteiger partial charge in [0.25, 0.3) is 0 Å². The molecule has 15 heavy (non-hydrogen) atoms. The zero-order chi connectivity index (χ0) is 10.9. The molecular formula is C9H17N5O. The summed E-state index contributed by atoms with van der Waals surface area (Å²) in [6, 6.07) is 1.78. The molecule has 0 bridgehead atoms. The van der Waals surface area contributed by atoms with Crippen molar-refractivity contribution in [1.29, 1.82) is 0 Å². The highest BCUT2D eigenvalue weighted by molar-refractivity contribution is 5.38. The number of nitrogen functional groups attached to an aromatic ring is 1. The average Bonchev–Trinajstić information content (AvgIpc) is 2.29. The molecule has 0 amide bonds. The molecule has 0 atom stereocenters. The molecule has 0 saturated heterocycles. The maximum atomic E-state index is 8.59. The Labute approximate surface area is 88.9 Å². The Morgan fingerprint density at radius 2 is 2.20 bits per heavy atom. The second-order valence-electron chi connectivity index (χ2n) is 3.12. The number of nitrogens with zero attached hydrogens (tertiary/aromatic N) is 2. The molecule has 6 heteroatoms. The van der Waals surface area contributed by atoms with E-state index in [1.807, 2.05) is 0 Å². The van der Waals surface area contributed by atoms with Crippen molar-refractivity contribution in [3.63, 3.8) is 0 Å². The van der Waals surface area contributed by atoms with Crippen LogP contribution < -0.4 is 16.6 Å². The van der Waals surface area contributed by atoms with E-state index in [2.05, 4.69) is 20.7 Å². The predicted molar refractivity (Wildman–Crippen MR) is 59.3 cm³/mol. The first-order valence-electron chi connectivity index (χ1n) is 5.01. The lowest BCUT2D eigenvalue weighted by atomic mass is 10.2. The van der Waals surface area contributed by atoms with Gasteiger partial charge in [-0.25, -0.2) is 10.8 Å². The Hall–Kier alpha value is -1.40. The predicted octanol–water partition coefficient (Wildman–Crippen LogP) is 0.337. The van der Waals surface area contributed by atoms with Gasteiger partial charge in [0.1, 0.15) is 5.82 Å². The van der Waals surface area contributed by atoms with E-state index in [-0.39, 0.29) is 6.61 Å². The monoisotopic (exact) mass is 211 g/mol. The van der Waals surface area contributed by atoms with Crippen molar-refractivity contribution in [3.05, 3.63) is 12.3 Å². The minimum Gasteiger partial charge on any atom is -0.396 e. The van der Waals surface area contributed by atoms with E-state index < -0.39 is 0 Å². The molecule has 1 aromatic rings. The van der Waals surface area contributed by atoms with Gasteiger partial charge in [0, 0.05) is 19.3 Å². The summed E-state index contributed by atoms with van der Waals surface area (Å²) < 4.78 is 0. The van der Waals surface area contributed by atoms with Gasteiger partial charge in [-0.1, -0.05) is 0 Å². The number of aliphatic hydroxyl groups is 1. The number of hydrogen-bond donors (Lipinski definition) is 4. The van der Waals surface area contributed by atoms with E-state index in [0.717, 1.165) is 31.6 Å². The van der Waals surface area contributed by atoms with Gasteiger partial charge in [-0.05, 0) is 25.3 Å². The maximum absolute atomic E-state index is 8.59. The quantitative estimate of drug-likeness (QED) is 0.295. The highest BCUT2D eigenvalue weighted by Crippen LogP contribution is 2.04. The number of hydrogen-bond acceptors (Lipinski definition) is 6. The Morgan fingerprint density at radius 1 is 1.33 bits per heavy atom. The third kappa shape index (κ3) is 4.57. The summed E-state index contributed by atoms with van der Waals surface area (Å²) in [4.78, 5) is 8.00. The molecule has 0 aliphatic carbocycles. The Balaban J connectivity index is 2.24. The lowest BCUT2D eigenvalue weighted by molar-refractivity contribution is 0.283. The normalized spacial score (nSPS) is 10.0. The van der Waals surface area contributed by atoms with E-state index >= 15 is 0 Å². The first-order valence-corrected chi connectivity index (χ1v) is 5.01. The molecule has 0 aliphatic heterocycles. The second kappa shape index (κ2) is 6.97. The fourth-order valence-corrected chi connectivity index (χ4v) is 1.16. The van der Waals surface area contributed by atoms with Crippen molar-refractivity contribution >= 4 is 11.8 Å². The minimum atomic E-state index is 0.259. The number of unbranched alkanes of at least 4 members (excludes halogenated alkanes) is 2. The van der Waals surface area contributed by atoms with Crippen LogP contribution in [0, 0.1) is 0 Å². The van der Waals surface area contributed by atoms with Crippen LogP contribution in [-0.4, -0.2) is 28.2 Å². The number of anilines is 2. The molecule has 5 N–H and O–H groups in total. The summed E-state index contributed by atoms with van der Waals surface area (Å²) in [7, 11) is 0. The number of nitrogens with two attached hydrogens (primary N) is 1. The van der Waals surface area contributed by atoms with Crippen LogP contribution in [0.3, 0.4) is 0 Å². The Bertz CT molecular complexity index is 281. The largest absolute Gasteiger partial charge is 0.396 e. The molecule has 0 aliphatic rings. The lowest BCUT2D eigenvalue weighted by Crippen LogP contribution is -2.12. The fraction of sp³-hybridized carbons (Fsp3) is 0.556. The number of nitrogens with one attached hydrogen (secondary N) is 2. The third-order valence-electron chi connectivity index (χ3n) is 1.93. The molecule has 1 rings (SSSR count). The summed E-state index contributed by atoms with van der Waals surface area (Å²) >= 11 is 0. The molecule has 0 saturated carbocycles. The molecule has 84 valence electrons. The van der Waals surface area contributed by atoms with E-state index in [1.165, 1.54) is 0 Å². The summed E-state index contributed by atoms with van der Waals surface area (Å²) in [5.41, 5.74) is 2.38. The van der Waals surface area contributed by atoms with Gasteiger partial charge in [-0.2, -0.15) is 4.98 Å². The molecule has 0 spiro atoms. The van der Waals surface area contributed by atoms with Gasteiger partial charge in [0.2, 0.25) is 5.95 Å². The molecule has 0 radical (unpaired) electrons. The molecule has 6 nitrogen and oxygen atoms in total. The minimum absolute atomic E-state index is 0.259. The molecule has 1 heterocycles. The molecule has 0 unspecified atom stereocenters. The van der Waals surface area contributed by atoms with Crippen molar-refractivity contribution in [2.24, 2.45) is 5.84 Å². The van der Waals surface area contributed by atoms with Crippen LogP contribution in [-0.2, 0) is 0 Å². The van der Waals surface area contributed by atoms with Gasteiger partial charge in [0.05, 0.1) is 0 Å². The second-order valence-corrected chi connectivity index (χ2v) is 3.12. The van der Waals surface area contributed by atoms with Crippen LogP contribution in [0.1, 0.15) is 19.3 Å². The van der Waals surface area contributed by atoms with Crippen molar-refractivity contribution < 1.29 is 5.11 Å². The fourth-order valence-electron chi connectivity index (χ4n) is 1.16. The number of aliphatic hydroxyl groups excluding tert-OH is 1. The third-order valence-corrected chi connectivity index (χ3v) is 1.93. The Kier molecular flexibility index (Phi) is 5.42. The molecule has 1 aromatic heterocycles. The number of rotatable bonds is 7. The van der Waals surface area contributed by atoms with Crippen LogP contribution in [0.5, 0.6) is 0 Å². The highest BCUT2D eigenvalue weighted by atomic mass is 16.2. The smallest absolute Gasteiger partial charge is 0.239 e. The average molecular weight is 211 g/mol. The van der Waals surface area contributed by atoms with Crippen molar-refractivity contribution in [3.8, 4) is 0 Å². The van der Waals surface area contributed by atoms with E-state index in [1.54, 1.807) is 12.3 Å². The van der Waals surface area contributed by atoms with Crippen LogP contribution in [0.4, 0.5) is 11.8 Å². The van der Waals surface area contributed by atoms with Crippen molar-refractivity contribution in [1.82, 2.24) is 9.97 Å². The highest BCUT2D eigenvalue weighted by Gasteiger charge is 1.96. The summed E-state index contributed by atoms with van der Waals surface area (Å²) in [6.45, 7) is 1.09. The standard InChI is InChI=1S/C9H17N5O/c10-14-9-12-6-4-8(13-9)11-5-2-1-3-7-15/h4,6,15H,1-3,5,7,10H2,(H2,11,12,13,14). The van der Waals surface area contributed by atoms with Gasteiger partial charge in [0.15, 0.2) is 0 Å². The Morgan fingerprint density at radius 3 is 2.93 bits per heavy atom. The van der Waals surface area contributed by atoms with Gasteiger partial charge < -0.3 is 10.4 Å². The number of hydrazine groups is 1. The topological polar surface area (TPSA) is 96.1 Å². The maximum Gasteiger partial charge on any atom is 0.239 e. The van der Waals surface area contributed by atoms with Crippen LogP contribution >= 0.6 is 0 Å². The zero-order valence-corrected chi connectivity index (χ0v) is 8.61. The summed E-state index contributed by atoms with van der Waals surface area (Å²) in [6.07, 6.45) is 4.51. The lowest BCUT2D eigenvalue weighted by Gasteiger charge is -2.05. The van der Waals surface area contributed by atoms with Gasteiger partial charge >= 0.3 is 0 Å². The van der Waals surface area contributed by atoms with Gasteiger partial charge in [-0.15, -0.1) is 0 Å². The van der Waals surface area contributed by atoms with Gasteiger partial charge in [-0.3, -0.25) is 5.43 Å². The van der Waals surface area contributed by atoms with Crippen LogP contribution in [0.25, 0.3) is 0 Å². The van der Waals surface area contributed by atoms with Crippen LogP contribution in [0.15, 0.2) is 12.3 Å². The summed E-state index contributed by atoms with van der Waals surface area (Å²) in [5.74, 6) is 6.33. The first kappa shape index (κ1) is 11.7. The zero-order valence-electron chi connectivity index (χ0n) is 8.61. The number of aromatic nitrogens is 2. The van der Waals surface area contributed by atoms with E-state index in [9.17, 15) is 0 Å². The SMILES string of the molecule is NNc1nccc(NCCCCCO)n1. The molecular weight excluding hydrogens is 194 g/mol. The first-order chi connectivity index (χ1) is 7.36. The molecule has 0 aromatic carbocycles. The van der Waals surface area contributed by atoms with Crippen LogP contribution in [0.2, 0.25) is 0 Å².